The van der Waals surface area contributed by atoms with Crippen LogP contribution < -0.4 is 5.56 Å². The summed E-state index contributed by atoms with van der Waals surface area (Å²) in [4.78, 5) is 14.2. The van der Waals surface area contributed by atoms with Crippen LogP contribution in [0, 0.1) is 25.2 Å². The normalized spacial score (nSPS) is 10.7. The molecular weight excluding hydrogens is 320 g/mol. The van der Waals surface area contributed by atoms with Crippen molar-refractivity contribution in [2.45, 2.75) is 13.8 Å². The zero-order valence-electron chi connectivity index (χ0n) is 10.9. The minimum Gasteiger partial charge on any atom is -0.323 e. The minimum atomic E-state index is -0.399. The smallest absolute Gasteiger partial charge is 0.266 e. The standard InChI is InChI=1S/C14H11BrN4O/c1-8-12(7-16)14(20)17-9(2)13(8)19-18-11-5-3-4-10(15)6-11/h3-6H,1-2H3,(H,17,20). The van der Waals surface area contributed by atoms with Gasteiger partial charge in [0.15, 0.2) is 0 Å². The van der Waals surface area contributed by atoms with Crippen molar-refractivity contribution in [3.05, 3.63) is 55.9 Å². The van der Waals surface area contributed by atoms with Crippen LogP contribution in [0.3, 0.4) is 0 Å². The Hall–Kier alpha value is -2.26. The second kappa shape index (κ2) is 5.80. The van der Waals surface area contributed by atoms with Crippen molar-refractivity contribution in [3.8, 4) is 6.07 Å². The summed E-state index contributed by atoms with van der Waals surface area (Å²) in [5.41, 5.74) is 1.99. The number of nitrogens with one attached hydrogen (secondary N) is 1. The molecule has 5 nitrogen and oxygen atoms in total. The Morgan fingerprint density at radius 2 is 2.05 bits per heavy atom. The first-order valence-corrected chi connectivity index (χ1v) is 6.63. The summed E-state index contributed by atoms with van der Waals surface area (Å²) in [5, 5.41) is 17.3. The first-order chi connectivity index (χ1) is 9.52. The molecule has 0 aliphatic rings. The highest BCUT2D eigenvalue weighted by molar-refractivity contribution is 9.10. The molecule has 0 atom stereocenters. The third-order valence-corrected chi connectivity index (χ3v) is 3.29. The second-order valence-electron chi connectivity index (χ2n) is 4.22. The molecule has 1 N–H and O–H groups in total. The number of nitrogens with zero attached hydrogens (tertiary/aromatic N) is 3. The minimum absolute atomic E-state index is 0.0683. The molecule has 1 heterocycles. The van der Waals surface area contributed by atoms with Crippen LogP contribution in [0.15, 0.2) is 43.8 Å². The third-order valence-electron chi connectivity index (χ3n) is 2.80. The van der Waals surface area contributed by atoms with Crippen molar-refractivity contribution in [3.63, 3.8) is 0 Å². The van der Waals surface area contributed by atoms with Gasteiger partial charge in [0.2, 0.25) is 0 Å². The van der Waals surface area contributed by atoms with Gasteiger partial charge in [-0.2, -0.15) is 10.4 Å². The first kappa shape index (κ1) is 14.2. The molecule has 0 radical (unpaired) electrons. The zero-order chi connectivity index (χ0) is 14.7. The number of azo groups is 1. The summed E-state index contributed by atoms with van der Waals surface area (Å²) in [5.74, 6) is 0. The number of pyridine rings is 1. The molecule has 0 unspecified atom stereocenters. The Morgan fingerprint density at radius 1 is 1.30 bits per heavy atom. The first-order valence-electron chi connectivity index (χ1n) is 5.84. The van der Waals surface area contributed by atoms with Gasteiger partial charge < -0.3 is 4.98 Å². The molecule has 0 saturated heterocycles. The Bertz CT molecular complexity index is 787. The van der Waals surface area contributed by atoms with Crippen LogP contribution in [0.5, 0.6) is 0 Å². The Balaban J connectivity index is 2.50. The lowest BCUT2D eigenvalue weighted by atomic mass is 10.1. The van der Waals surface area contributed by atoms with E-state index in [2.05, 4.69) is 31.1 Å². The highest BCUT2D eigenvalue weighted by Gasteiger charge is 2.11. The van der Waals surface area contributed by atoms with Crippen LogP contribution >= 0.6 is 15.9 Å². The van der Waals surface area contributed by atoms with E-state index in [0.717, 1.165) is 4.47 Å². The van der Waals surface area contributed by atoms with Crippen LogP contribution in [-0.4, -0.2) is 4.98 Å². The molecule has 2 rings (SSSR count). The van der Waals surface area contributed by atoms with Crippen LogP contribution in [0.2, 0.25) is 0 Å². The molecule has 1 aromatic carbocycles. The van der Waals surface area contributed by atoms with Crippen molar-refractivity contribution < 1.29 is 0 Å². The summed E-state index contributed by atoms with van der Waals surface area (Å²) in [7, 11) is 0. The number of benzene rings is 1. The highest BCUT2D eigenvalue weighted by atomic mass is 79.9. The lowest BCUT2D eigenvalue weighted by Crippen LogP contribution is -2.13. The molecule has 1 aromatic heterocycles. The van der Waals surface area contributed by atoms with E-state index in [9.17, 15) is 4.79 Å². The predicted octanol–water partition coefficient (Wildman–Crippen LogP) is 4.04. The molecule has 0 saturated carbocycles. The van der Waals surface area contributed by atoms with Crippen LogP contribution in [0.25, 0.3) is 0 Å². The fraction of sp³-hybridized carbons (Fsp3) is 0.143. The largest absolute Gasteiger partial charge is 0.323 e. The van der Waals surface area contributed by atoms with Gasteiger partial charge in [-0.25, -0.2) is 0 Å². The number of aromatic amines is 1. The van der Waals surface area contributed by atoms with Crippen molar-refractivity contribution in [1.29, 1.82) is 5.26 Å². The SMILES string of the molecule is Cc1[nH]c(=O)c(C#N)c(C)c1N=Nc1cccc(Br)c1. The van der Waals surface area contributed by atoms with E-state index in [1.54, 1.807) is 13.8 Å². The number of nitriles is 1. The van der Waals surface area contributed by atoms with Crippen molar-refractivity contribution in [2.24, 2.45) is 10.2 Å². The zero-order valence-corrected chi connectivity index (χ0v) is 12.5. The summed E-state index contributed by atoms with van der Waals surface area (Å²) < 4.78 is 0.904. The fourth-order valence-corrected chi connectivity index (χ4v) is 2.18. The van der Waals surface area contributed by atoms with E-state index in [-0.39, 0.29) is 5.56 Å². The van der Waals surface area contributed by atoms with Gasteiger partial charge >= 0.3 is 0 Å². The molecular formula is C14H11BrN4O. The van der Waals surface area contributed by atoms with E-state index in [4.69, 9.17) is 5.26 Å². The number of hydrogen-bond acceptors (Lipinski definition) is 4. The topological polar surface area (TPSA) is 81.4 Å². The van der Waals surface area contributed by atoms with Gasteiger partial charge in [-0.15, -0.1) is 5.11 Å². The van der Waals surface area contributed by atoms with E-state index in [1.807, 2.05) is 30.3 Å². The lowest BCUT2D eigenvalue weighted by molar-refractivity contribution is 1.07. The maximum Gasteiger partial charge on any atom is 0.266 e. The quantitative estimate of drug-likeness (QED) is 0.843. The molecule has 0 aliphatic heterocycles. The average molecular weight is 331 g/mol. The van der Waals surface area contributed by atoms with E-state index in [1.165, 1.54) is 0 Å². The van der Waals surface area contributed by atoms with Crippen LogP contribution in [0.4, 0.5) is 11.4 Å². The van der Waals surface area contributed by atoms with Gasteiger partial charge in [-0.05, 0) is 32.0 Å². The molecule has 0 aliphatic carbocycles. The van der Waals surface area contributed by atoms with E-state index in [0.29, 0.717) is 22.6 Å². The summed E-state index contributed by atoms with van der Waals surface area (Å²) >= 11 is 3.36. The molecule has 0 amide bonds. The number of H-pyrrole nitrogens is 1. The number of halogens is 1. The molecule has 20 heavy (non-hydrogen) atoms. The Morgan fingerprint density at radius 3 is 2.70 bits per heavy atom. The molecule has 0 fully saturated rings. The Labute approximate surface area is 124 Å². The molecule has 2 aromatic rings. The van der Waals surface area contributed by atoms with Gasteiger partial charge in [0.25, 0.3) is 5.56 Å². The predicted molar refractivity (Wildman–Crippen MR) is 79.6 cm³/mol. The number of rotatable bonds is 2. The number of aryl methyl sites for hydroxylation is 1. The van der Waals surface area contributed by atoms with Crippen LogP contribution in [0.1, 0.15) is 16.8 Å². The summed E-state index contributed by atoms with van der Waals surface area (Å²) in [6, 6.07) is 9.27. The van der Waals surface area contributed by atoms with Gasteiger partial charge in [0, 0.05) is 15.7 Å². The number of aromatic nitrogens is 1. The Kier molecular flexibility index (Phi) is 4.11. The fourth-order valence-electron chi connectivity index (χ4n) is 1.79. The third kappa shape index (κ3) is 2.83. The maximum absolute atomic E-state index is 11.6. The summed E-state index contributed by atoms with van der Waals surface area (Å²) in [6.07, 6.45) is 0. The molecule has 6 heteroatoms. The van der Waals surface area contributed by atoms with Gasteiger partial charge in [-0.1, -0.05) is 22.0 Å². The molecule has 0 bridgehead atoms. The molecule has 100 valence electrons. The van der Waals surface area contributed by atoms with Gasteiger partial charge in [0.1, 0.15) is 17.3 Å². The van der Waals surface area contributed by atoms with E-state index >= 15 is 0 Å². The second-order valence-corrected chi connectivity index (χ2v) is 5.14. The van der Waals surface area contributed by atoms with E-state index < -0.39 is 5.56 Å². The maximum atomic E-state index is 11.6. The number of hydrogen-bond donors (Lipinski definition) is 1. The van der Waals surface area contributed by atoms with Crippen molar-refractivity contribution >= 4 is 27.3 Å². The lowest BCUT2D eigenvalue weighted by Gasteiger charge is -2.04. The van der Waals surface area contributed by atoms with Gasteiger partial charge in [-0.3, -0.25) is 4.79 Å². The average Bonchev–Trinajstić information content (AvgIpc) is 2.38. The van der Waals surface area contributed by atoms with Crippen LogP contribution in [-0.2, 0) is 0 Å². The van der Waals surface area contributed by atoms with Gasteiger partial charge in [0.05, 0.1) is 5.69 Å². The molecule has 0 spiro atoms. The van der Waals surface area contributed by atoms with Crippen molar-refractivity contribution in [1.82, 2.24) is 4.98 Å². The monoisotopic (exact) mass is 330 g/mol. The highest BCUT2D eigenvalue weighted by Crippen LogP contribution is 2.26. The van der Waals surface area contributed by atoms with Crippen molar-refractivity contribution in [2.75, 3.05) is 0 Å². The summed E-state index contributed by atoms with van der Waals surface area (Å²) in [6.45, 7) is 3.42.